The van der Waals surface area contributed by atoms with Gasteiger partial charge < -0.3 is 10.6 Å². The van der Waals surface area contributed by atoms with E-state index in [1.54, 1.807) is 24.7 Å². The highest BCUT2D eigenvalue weighted by Gasteiger charge is 2.23. The van der Waals surface area contributed by atoms with Gasteiger partial charge in [0.1, 0.15) is 0 Å². The Kier molecular flexibility index (Phi) is 6.33. The molecule has 150 valence electrons. The summed E-state index contributed by atoms with van der Waals surface area (Å²) in [7, 11) is 0. The first-order chi connectivity index (χ1) is 14.0. The molecule has 2 heterocycles. The van der Waals surface area contributed by atoms with Crippen LogP contribution in [0.15, 0.2) is 55.1 Å². The molecule has 1 aromatic carbocycles. The number of hydrogen-bond donors (Lipinski definition) is 2. The van der Waals surface area contributed by atoms with Crippen LogP contribution < -0.4 is 10.6 Å². The van der Waals surface area contributed by atoms with E-state index in [2.05, 4.69) is 32.6 Å². The second kappa shape index (κ2) is 9.09. The first-order valence-corrected chi connectivity index (χ1v) is 9.50. The Hall–Kier alpha value is -3.55. The summed E-state index contributed by atoms with van der Waals surface area (Å²) in [5.74, 6) is -0.966. The summed E-state index contributed by atoms with van der Waals surface area (Å²) in [5.41, 5.74) is 2.57. The summed E-state index contributed by atoms with van der Waals surface area (Å²) in [4.78, 5) is 33.0. The van der Waals surface area contributed by atoms with Gasteiger partial charge in [-0.3, -0.25) is 9.59 Å². The number of nitrogens with one attached hydrogen (secondary N) is 2. The van der Waals surface area contributed by atoms with Crippen LogP contribution in [0.5, 0.6) is 0 Å². The lowest BCUT2D eigenvalue weighted by molar-refractivity contribution is -0.136. The maximum absolute atomic E-state index is 12.5. The number of amides is 2. The second-order valence-electron chi connectivity index (χ2n) is 6.97. The topological polar surface area (TPSA) is 102 Å². The SMILES string of the molecule is CCc1ccc([C@H](NC(=O)C(=O)Nc2cnn(-c3ncccn3)c2)C(C)C)cc1. The lowest BCUT2D eigenvalue weighted by Gasteiger charge is -2.22. The zero-order chi connectivity index (χ0) is 20.8. The summed E-state index contributed by atoms with van der Waals surface area (Å²) >= 11 is 0. The summed E-state index contributed by atoms with van der Waals surface area (Å²) in [5, 5.41) is 9.48. The van der Waals surface area contributed by atoms with Crippen molar-refractivity contribution in [2.24, 2.45) is 5.92 Å². The van der Waals surface area contributed by atoms with E-state index in [9.17, 15) is 9.59 Å². The Labute approximate surface area is 169 Å². The molecule has 0 saturated carbocycles. The van der Waals surface area contributed by atoms with Gasteiger partial charge in [0.05, 0.1) is 24.1 Å². The number of anilines is 1. The van der Waals surface area contributed by atoms with Crippen molar-refractivity contribution in [2.45, 2.75) is 33.2 Å². The van der Waals surface area contributed by atoms with Crippen molar-refractivity contribution in [3.05, 3.63) is 66.2 Å². The van der Waals surface area contributed by atoms with Gasteiger partial charge in [-0.25, -0.2) is 14.6 Å². The Morgan fingerprint density at radius 1 is 1.07 bits per heavy atom. The number of nitrogens with zero attached hydrogens (tertiary/aromatic N) is 4. The molecular weight excluding hydrogens is 368 g/mol. The molecule has 8 nitrogen and oxygen atoms in total. The fourth-order valence-corrected chi connectivity index (χ4v) is 2.90. The monoisotopic (exact) mass is 392 g/mol. The lowest BCUT2D eigenvalue weighted by atomic mass is 9.95. The molecule has 0 aliphatic heterocycles. The Balaban J connectivity index is 1.65. The number of benzene rings is 1. The van der Waals surface area contributed by atoms with Gasteiger partial charge in [0, 0.05) is 12.4 Å². The molecule has 2 amide bonds. The van der Waals surface area contributed by atoms with Gasteiger partial charge in [0.25, 0.3) is 0 Å². The van der Waals surface area contributed by atoms with Crippen LogP contribution in [0.4, 0.5) is 5.69 Å². The third-order valence-corrected chi connectivity index (χ3v) is 4.50. The minimum Gasteiger partial charge on any atom is -0.341 e. The standard InChI is InChI=1S/C21H24N6O2/c1-4-15-6-8-16(9-7-15)18(14(2)3)26-20(29)19(28)25-17-12-24-27(13-17)21-22-10-5-11-23-21/h5-14,18H,4H2,1-3H3,(H,25,28)(H,26,29)/t18-/m1/s1. The molecule has 8 heteroatoms. The molecule has 3 aromatic rings. The number of carbonyl (C=O) groups excluding carboxylic acids is 2. The van der Waals surface area contributed by atoms with E-state index >= 15 is 0 Å². The number of rotatable bonds is 6. The van der Waals surface area contributed by atoms with Crippen LogP contribution >= 0.6 is 0 Å². The maximum atomic E-state index is 12.5. The van der Waals surface area contributed by atoms with Crippen molar-refractivity contribution in [3.8, 4) is 5.95 Å². The van der Waals surface area contributed by atoms with Crippen molar-refractivity contribution in [3.63, 3.8) is 0 Å². The van der Waals surface area contributed by atoms with Crippen LogP contribution in [-0.2, 0) is 16.0 Å². The highest BCUT2D eigenvalue weighted by Crippen LogP contribution is 2.22. The first-order valence-electron chi connectivity index (χ1n) is 9.50. The predicted octanol–water partition coefficient (Wildman–Crippen LogP) is 2.68. The Morgan fingerprint density at radius 3 is 2.38 bits per heavy atom. The van der Waals surface area contributed by atoms with E-state index < -0.39 is 11.8 Å². The zero-order valence-corrected chi connectivity index (χ0v) is 16.7. The molecular formula is C21H24N6O2. The fraction of sp³-hybridized carbons (Fsp3) is 0.286. The molecule has 0 unspecified atom stereocenters. The van der Waals surface area contributed by atoms with E-state index in [1.807, 2.05) is 38.1 Å². The van der Waals surface area contributed by atoms with E-state index in [1.165, 1.54) is 16.4 Å². The van der Waals surface area contributed by atoms with Gasteiger partial charge in [-0.1, -0.05) is 45.0 Å². The Bertz CT molecular complexity index is 966. The third-order valence-electron chi connectivity index (χ3n) is 4.50. The molecule has 0 aliphatic rings. The smallest absolute Gasteiger partial charge is 0.313 e. The van der Waals surface area contributed by atoms with Gasteiger partial charge in [-0.05, 0) is 29.5 Å². The van der Waals surface area contributed by atoms with E-state index in [0.717, 1.165) is 12.0 Å². The maximum Gasteiger partial charge on any atom is 0.313 e. The molecule has 0 fully saturated rings. The average molecular weight is 392 g/mol. The van der Waals surface area contributed by atoms with Gasteiger partial charge in [0.2, 0.25) is 5.95 Å². The average Bonchev–Trinajstić information content (AvgIpc) is 3.21. The van der Waals surface area contributed by atoms with Crippen molar-refractivity contribution >= 4 is 17.5 Å². The largest absolute Gasteiger partial charge is 0.341 e. The summed E-state index contributed by atoms with van der Waals surface area (Å²) in [6.45, 7) is 6.09. The van der Waals surface area contributed by atoms with Crippen LogP contribution in [-0.4, -0.2) is 31.6 Å². The van der Waals surface area contributed by atoms with Crippen molar-refractivity contribution in [1.82, 2.24) is 25.1 Å². The Morgan fingerprint density at radius 2 is 1.76 bits per heavy atom. The van der Waals surface area contributed by atoms with Gasteiger partial charge in [0.15, 0.2) is 0 Å². The highest BCUT2D eigenvalue weighted by atomic mass is 16.2. The molecule has 0 radical (unpaired) electrons. The van der Waals surface area contributed by atoms with Gasteiger partial charge >= 0.3 is 11.8 Å². The molecule has 0 saturated heterocycles. The second-order valence-corrected chi connectivity index (χ2v) is 6.97. The number of aryl methyl sites for hydroxylation is 1. The van der Waals surface area contributed by atoms with Crippen LogP contribution in [0.25, 0.3) is 5.95 Å². The molecule has 3 rings (SSSR count). The van der Waals surface area contributed by atoms with E-state index in [4.69, 9.17) is 0 Å². The van der Waals surface area contributed by atoms with Crippen molar-refractivity contribution < 1.29 is 9.59 Å². The van der Waals surface area contributed by atoms with E-state index in [0.29, 0.717) is 11.6 Å². The summed E-state index contributed by atoms with van der Waals surface area (Å²) in [6.07, 6.45) is 7.11. The normalized spacial score (nSPS) is 11.9. The number of hydrogen-bond acceptors (Lipinski definition) is 5. The van der Waals surface area contributed by atoms with Crippen LogP contribution in [0, 0.1) is 5.92 Å². The first kappa shape index (κ1) is 20.2. The molecule has 1 atom stereocenters. The molecule has 0 bridgehead atoms. The number of carbonyl (C=O) groups is 2. The number of aromatic nitrogens is 4. The van der Waals surface area contributed by atoms with Gasteiger partial charge in [-0.2, -0.15) is 5.10 Å². The van der Waals surface area contributed by atoms with Crippen molar-refractivity contribution in [1.29, 1.82) is 0 Å². The van der Waals surface area contributed by atoms with Crippen LogP contribution in [0.2, 0.25) is 0 Å². The summed E-state index contributed by atoms with van der Waals surface area (Å²) in [6, 6.07) is 9.49. The van der Waals surface area contributed by atoms with Crippen LogP contribution in [0.3, 0.4) is 0 Å². The van der Waals surface area contributed by atoms with Crippen LogP contribution in [0.1, 0.15) is 37.9 Å². The molecule has 2 aromatic heterocycles. The zero-order valence-electron chi connectivity index (χ0n) is 16.7. The highest BCUT2D eigenvalue weighted by molar-refractivity contribution is 6.39. The predicted molar refractivity (Wildman–Crippen MR) is 109 cm³/mol. The van der Waals surface area contributed by atoms with Gasteiger partial charge in [-0.15, -0.1) is 0 Å². The third kappa shape index (κ3) is 5.04. The van der Waals surface area contributed by atoms with Crippen molar-refractivity contribution in [2.75, 3.05) is 5.32 Å². The molecule has 0 aliphatic carbocycles. The molecule has 0 spiro atoms. The summed E-state index contributed by atoms with van der Waals surface area (Å²) < 4.78 is 1.42. The van der Waals surface area contributed by atoms with E-state index in [-0.39, 0.29) is 12.0 Å². The quantitative estimate of drug-likeness (QED) is 0.628. The minimum absolute atomic E-state index is 0.122. The molecule has 29 heavy (non-hydrogen) atoms. The molecule has 2 N–H and O–H groups in total. The fourth-order valence-electron chi connectivity index (χ4n) is 2.90. The lowest BCUT2D eigenvalue weighted by Crippen LogP contribution is -2.39. The minimum atomic E-state index is -0.755.